The number of unbranched alkanes of at least 4 members (excludes halogenated alkanes) is 6. The van der Waals surface area contributed by atoms with Crippen LogP contribution in [0.5, 0.6) is 0 Å². The smallest absolute Gasteiger partial charge is 0.315 e. The topological polar surface area (TPSA) is 70.4 Å². The Bertz CT molecular complexity index is 489. The fraction of sp³-hybridized carbons (Fsp3) is 0.870. The zero-order valence-corrected chi connectivity index (χ0v) is 18.4. The molecule has 0 aliphatic heterocycles. The summed E-state index contributed by atoms with van der Waals surface area (Å²) in [6.07, 6.45) is 14.8. The van der Waals surface area contributed by atoms with Gasteiger partial charge in [0.2, 0.25) is 0 Å². The van der Waals surface area contributed by atoms with E-state index in [9.17, 15) is 4.79 Å². The van der Waals surface area contributed by atoms with Crippen LogP contribution in [0.1, 0.15) is 84.0 Å². The number of carbonyl (C=O) groups excluding carboxylic acids is 1. The summed E-state index contributed by atoms with van der Waals surface area (Å²) < 4.78 is 0. The number of rotatable bonds is 15. The van der Waals surface area contributed by atoms with Crippen LogP contribution >= 0.6 is 0 Å². The van der Waals surface area contributed by atoms with E-state index in [1.165, 1.54) is 70.6 Å². The lowest BCUT2D eigenvalue weighted by Gasteiger charge is -2.43. The molecule has 2 fully saturated rings. The maximum Gasteiger partial charge on any atom is 0.315 e. The van der Waals surface area contributed by atoms with Gasteiger partial charge in [0, 0.05) is 24.3 Å². The van der Waals surface area contributed by atoms with E-state index in [4.69, 9.17) is 5.73 Å². The first-order valence-corrected chi connectivity index (χ1v) is 11.6. The highest BCUT2D eigenvalue weighted by molar-refractivity contribution is 5.74. The second kappa shape index (κ2) is 11.7. The molecule has 0 aromatic heterocycles. The third-order valence-electron chi connectivity index (χ3n) is 6.59. The molecule has 162 valence electrons. The van der Waals surface area contributed by atoms with E-state index in [2.05, 4.69) is 36.1 Å². The molecule has 0 aromatic rings. The van der Waals surface area contributed by atoms with Crippen LogP contribution in [0.3, 0.4) is 0 Å². The summed E-state index contributed by atoms with van der Waals surface area (Å²) >= 11 is 0. The van der Waals surface area contributed by atoms with E-state index in [1.807, 2.05) is 0 Å². The molecule has 2 saturated carbocycles. The average molecular weight is 393 g/mol. The second-order valence-electron chi connectivity index (χ2n) is 9.56. The van der Waals surface area contributed by atoms with Gasteiger partial charge in [0.15, 0.2) is 0 Å². The number of nitrogens with zero attached hydrogens (tertiary/aromatic N) is 1. The molecule has 0 heterocycles. The van der Waals surface area contributed by atoms with Crippen molar-refractivity contribution in [3.05, 3.63) is 12.3 Å². The fourth-order valence-electron chi connectivity index (χ4n) is 4.47. The van der Waals surface area contributed by atoms with Gasteiger partial charge in [-0.25, -0.2) is 4.79 Å². The molecule has 0 bridgehead atoms. The van der Waals surface area contributed by atoms with E-state index in [0.717, 1.165) is 43.6 Å². The highest BCUT2D eigenvalue weighted by atomic mass is 16.2. The Morgan fingerprint density at radius 1 is 1.14 bits per heavy atom. The van der Waals surface area contributed by atoms with Crippen molar-refractivity contribution in [1.82, 2.24) is 15.5 Å². The van der Waals surface area contributed by atoms with Crippen LogP contribution in [0.2, 0.25) is 0 Å². The Morgan fingerprint density at radius 3 is 2.29 bits per heavy atom. The Kier molecular flexibility index (Phi) is 9.63. The van der Waals surface area contributed by atoms with E-state index < -0.39 is 0 Å². The summed E-state index contributed by atoms with van der Waals surface area (Å²) in [4.78, 5) is 14.5. The monoisotopic (exact) mass is 392 g/mol. The van der Waals surface area contributed by atoms with E-state index in [1.54, 1.807) is 0 Å². The van der Waals surface area contributed by atoms with Crippen molar-refractivity contribution >= 4 is 6.03 Å². The summed E-state index contributed by atoms with van der Waals surface area (Å²) in [7, 11) is 2.10. The van der Waals surface area contributed by atoms with Crippen molar-refractivity contribution in [3.63, 3.8) is 0 Å². The lowest BCUT2D eigenvalue weighted by Crippen LogP contribution is -2.56. The van der Waals surface area contributed by atoms with Gasteiger partial charge in [-0.3, -0.25) is 0 Å². The first-order chi connectivity index (χ1) is 13.4. The summed E-state index contributed by atoms with van der Waals surface area (Å²) in [5.74, 6) is 1.72. The van der Waals surface area contributed by atoms with Gasteiger partial charge in [0.05, 0.1) is 0 Å². The van der Waals surface area contributed by atoms with Crippen molar-refractivity contribution in [2.24, 2.45) is 17.6 Å². The van der Waals surface area contributed by atoms with Gasteiger partial charge in [-0.2, -0.15) is 0 Å². The van der Waals surface area contributed by atoms with Gasteiger partial charge in [-0.15, -0.1) is 0 Å². The minimum atomic E-state index is 0.0530. The van der Waals surface area contributed by atoms with Gasteiger partial charge in [0.1, 0.15) is 0 Å². The van der Waals surface area contributed by atoms with Crippen molar-refractivity contribution in [3.8, 4) is 0 Å². The van der Waals surface area contributed by atoms with Gasteiger partial charge in [-0.1, -0.05) is 45.6 Å². The molecule has 4 N–H and O–H groups in total. The highest BCUT2D eigenvalue weighted by Gasteiger charge is 2.45. The minimum Gasteiger partial charge on any atom is -0.401 e. The number of hydrogen-bond acceptors (Lipinski definition) is 3. The van der Waals surface area contributed by atoms with Crippen LogP contribution in [-0.2, 0) is 0 Å². The molecule has 2 aliphatic rings. The Balaban J connectivity index is 1.39. The predicted octanol–water partition coefficient (Wildman–Crippen LogP) is 4.39. The standard InChI is InChI=1S/C23H44N4O/c1-19-16-21(19)17-23(12-11-13-23)26-22(28)25-14-9-7-5-4-6-8-10-15-27(3)18-20(2)24/h19,21H,2,4-18,24H2,1,3H3,(H2,25,26,28)/t19-,21?/m0/s1. The molecule has 0 aromatic carbocycles. The maximum atomic E-state index is 12.2. The Labute approximate surface area is 172 Å². The second-order valence-corrected chi connectivity index (χ2v) is 9.56. The Hall–Kier alpha value is -1.23. The quantitative estimate of drug-likeness (QED) is 0.362. The van der Waals surface area contributed by atoms with Crippen molar-refractivity contribution in [2.75, 3.05) is 26.7 Å². The van der Waals surface area contributed by atoms with Crippen molar-refractivity contribution in [2.45, 2.75) is 89.5 Å². The molecule has 1 unspecified atom stereocenters. The average Bonchev–Trinajstić information content (AvgIpc) is 3.28. The number of nitrogens with one attached hydrogen (secondary N) is 2. The molecule has 0 saturated heterocycles. The molecule has 5 heteroatoms. The normalized spacial score (nSPS) is 22.5. The van der Waals surface area contributed by atoms with Crippen LogP contribution in [0.25, 0.3) is 0 Å². The van der Waals surface area contributed by atoms with Gasteiger partial charge in [0.25, 0.3) is 0 Å². The van der Waals surface area contributed by atoms with Crippen LogP contribution < -0.4 is 16.4 Å². The fourth-order valence-corrected chi connectivity index (χ4v) is 4.47. The minimum absolute atomic E-state index is 0.0530. The van der Waals surface area contributed by atoms with Crippen LogP contribution in [-0.4, -0.2) is 43.2 Å². The predicted molar refractivity (Wildman–Crippen MR) is 118 cm³/mol. The van der Waals surface area contributed by atoms with Gasteiger partial charge < -0.3 is 21.3 Å². The van der Waals surface area contributed by atoms with Crippen molar-refractivity contribution in [1.29, 1.82) is 0 Å². The molecule has 2 amide bonds. The molecule has 5 nitrogen and oxygen atoms in total. The summed E-state index contributed by atoms with van der Waals surface area (Å²) in [5, 5.41) is 6.38. The third kappa shape index (κ3) is 8.85. The largest absolute Gasteiger partial charge is 0.401 e. The third-order valence-corrected chi connectivity index (χ3v) is 6.59. The number of carbonyl (C=O) groups is 1. The van der Waals surface area contributed by atoms with E-state index in [0.29, 0.717) is 0 Å². The lowest BCUT2D eigenvalue weighted by molar-refractivity contribution is 0.159. The zero-order chi connectivity index (χ0) is 20.4. The number of urea groups is 1. The maximum absolute atomic E-state index is 12.2. The zero-order valence-electron chi connectivity index (χ0n) is 18.4. The number of likely N-dealkylation sites (N-methyl/N-ethyl adjacent to an activating group) is 1. The number of hydrogen-bond donors (Lipinski definition) is 3. The van der Waals surface area contributed by atoms with Crippen LogP contribution in [0.4, 0.5) is 4.79 Å². The van der Waals surface area contributed by atoms with Gasteiger partial charge >= 0.3 is 6.03 Å². The van der Waals surface area contributed by atoms with Crippen LogP contribution in [0, 0.1) is 11.8 Å². The van der Waals surface area contributed by atoms with E-state index >= 15 is 0 Å². The number of amides is 2. The molecule has 28 heavy (non-hydrogen) atoms. The molecule has 2 aliphatic carbocycles. The van der Waals surface area contributed by atoms with Crippen LogP contribution in [0.15, 0.2) is 12.3 Å². The number of nitrogens with two attached hydrogens (primary N) is 1. The summed E-state index contributed by atoms with van der Waals surface area (Å²) in [6, 6.07) is 0.0530. The molecule has 2 rings (SSSR count). The molecular formula is C23H44N4O. The summed E-state index contributed by atoms with van der Waals surface area (Å²) in [5.41, 5.74) is 6.48. The van der Waals surface area contributed by atoms with Gasteiger partial charge in [-0.05, 0) is 70.4 Å². The first kappa shape index (κ1) is 23.1. The molecule has 2 atom stereocenters. The Morgan fingerprint density at radius 2 is 1.75 bits per heavy atom. The van der Waals surface area contributed by atoms with E-state index in [-0.39, 0.29) is 11.6 Å². The van der Waals surface area contributed by atoms with Crippen molar-refractivity contribution < 1.29 is 4.79 Å². The molecule has 0 radical (unpaired) electrons. The first-order valence-electron chi connectivity index (χ1n) is 11.6. The lowest BCUT2D eigenvalue weighted by atomic mass is 9.73. The molecule has 0 spiro atoms. The highest BCUT2D eigenvalue weighted by Crippen LogP contribution is 2.48. The molecular weight excluding hydrogens is 348 g/mol. The summed E-state index contributed by atoms with van der Waals surface area (Å²) in [6.45, 7) is 8.76. The SMILES string of the molecule is C=C(N)CN(C)CCCCCCCCCNC(=O)NC1(CC2C[C@@H]2C)CCC1.